The van der Waals surface area contributed by atoms with E-state index < -0.39 is 5.97 Å². The number of nitrogens with one attached hydrogen (secondary N) is 1. The van der Waals surface area contributed by atoms with Crippen LogP contribution in [0.15, 0.2) is 12.5 Å². The lowest BCUT2D eigenvalue weighted by Crippen LogP contribution is -2.36. The van der Waals surface area contributed by atoms with Crippen molar-refractivity contribution in [1.82, 2.24) is 19.8 Å². The average molecular weight is 254 g/mol. The van der Waals surface area contributed by atoms with Gasteiger partial charge in [0.25, 0.3) is 0 Å². The third kappa shape index (κ3) is 4.08. The van der Waals surface area contributed by atoms with E-state index in [2.05, 4.69) is 10.3 Å². The van der Waals surface area contributed by atoms with Gasteiger partial charge in [0.05, 0.1) is 12.9 Å². The number of nitrogens with zero attached hydrogens (tertiary/aromatic N) is 3. The Bertz CT molecular complexity index is 414. The number of amides is 2. The molecule has 0 aromatic carbocycles. The SMILES string of the molecule is CCOC(=O)c1cn(CCNC(=O)N(C)C)cn1. The largest absolute Gasteiger partial charge is 0.461 e. The van der Waals surface area contributed by atoms with Crippen molar-refractivity contribution in [1.29, 1.82) is 0 Å². The van der Waals surface area contributed by atoms with Crippen molar-refractivity contribution in [2.75, 3.05) is 27.2 Å². The average Bonchev–Trinajstić information content (AvgIpc) is 2.78. The van der Waals surface area contributed by atoms with Gasteiger partial charge in [-0.1, -0.05) is 0 Å². The van der Waals surface area contributed by atoms with Gasteiger partial charge in [0, 0.05) is 33.4 Å². The Morgan fingerprint density at radius 3 is 2.83 bits per heavy atom. The van der Waals surface area contributed by atoms with Crippen LogP contribution in [0.25, 0.3) is 0 Å². The molecule has 0 spiro atoms. The molecule has 1 N–H and O–H groups in total. The highest BCUT2D eigenvalue weighted by molar-refractivity contribution is 5.86. The third-order valence-electron chi connectivity index (χ3n) is 2.17. The van der Waals surface area contributed by atoms with Crippen LogP contribution in [0.3, 0.4) is 0 Å². The van der Waals surface area contributed by atoms with Crippen LogP contribution in [0.5, 0.6) is 0 Å². The van der Waals surface area contributed by atoms with Crippen molar-refractivity contribution in [3.63, 3.8) is 0 Å². The first-order chi connectivity index (χ1) is 8.54. The van der Waals surface area contributed by atoms with E-state index in [9.17, 15) is 9.59 Å². The quantitative estimate of drug-likeness (QED) is 0.768. The standard InChI is InChI=1S/C11H18N4O3/c1-4-18-10(16)9-7-15(8-13-9)6-5-12-11(17)14(2)3/h7-8H,4-6H2,1-3H3,(H,12,17). The maximum Gasteiger partial charge on any atom is 0.358 e. The van der Waals surface area contributed by atoms with Gasteiger partial charge in [-0.15, -0.1) is 0 Å². The third-order valence-corrected chi connectivity index (χ3v) is 2.17. The number of imidazole rings is 1. The van der Waals surface area contributed by atoms with Gasteiger partial charge in [0.15, 0.2) is 5.69 Å². The molecule has 0 saturated carbocycles. The molecule has 100 valence electrons. The molecule has 0 aliphatic rings. The molecule has 7 heteroatoms. The lowest BCUT2D eigenvalue weighted by Gasteiger charge is -2.11. The Kier molecular flexibility index (Phi) is 5.16. The smallest absolute Gasteiger partial charge is 0.358 e. The summed E-state index contributed by atoms with van der Waals surface area (Å²) in [4.78, 5) is 28.0. The van der Waals surface area contributed by atoms with Gasteiger partial charge >= 0.3 is 12.0 Å². The molecule has 18 heavy (non-hydrogen) atoms. The summed E-state index contributed by atoms with van der Waals surface area (Å²) >= 11 is 0. The Morgan fingerprint density at radius 1 is 1.50 bits per heavy atom. The minimum atomic E-state index is -0.437. The van der Waals surface area contributed by atoms with Crippen LogP contribution < -0.4 is 5.32 Å². The van der Waals surface area contributed by atoms with Crippen molar-refractivity contribution in [3.05, 3.63) is 18.2 Å². The molecule has 0 bridgehead atoms. The molecule has 0 saturated heterocycles. The maximum atomic E-state index is 11.4. The lowest BCUT2D eigenvalue weighted by molar-refractivity contribution is 0.0520. The molecule has 1 aromatic rings. The highest BCUT2D eigenvalue weighted by Gasteiger charge is 2.09. The second kappa shape index (κ2) is 6.63. The van der Waals surface area contributed by atoms with Crippen LogP contribution in [0.2, 0.25) is 0 Å². The van der Waals surface area contributed by atoms with E-state index in [1.54, 1.807) is 31.8 Å². The summed E-state index contributed by atoms with van der Waals surface area (Å²) < 4.78 is 6.55. The number of hydrogen-bond donors (Lipinski definition) is 1. The first-order valence-corrected chi connectivity index (χ1v) is 5.68. The molecule has 1 heterocycles. The van der Waals surface area contributed by atoms with Gasteiger partial charge in [-0.3, -0.25) is 0 Å². The Labute approximate surface area is 106 Å². The first-order valence-electron chi connectivity index (χ1n) is 5.68. The summed E-state index contributed by atoms with van der Waals surface area (Å²) in [5.41, 5.74) is 0.274. The van der Waals surface area contributed by atoms with Crippen molar-refractivity contribution in [3.8, 4) is 0 Å². The van der Waals surface area contributed by atoms with E-state index in [4.69, 9.17) is 4.74 Å². The summed E-state index contributed by atoms with van der Waals surface area (Å²) in [7, 11) is 3.34. The zero-order valence-corrected chi connectivity index (χ0v) is 10.8. The molecule has 0 aliphatic carbocycles. The zero-order valence-electron chi connectivity index (χ0n) is 10.8. The van der Waals surface area contributed by atoms with Gasteiger partial charge in [-0.05, 0) is 6.92 Å². The number of urea groups is 1. The van der Waals surface area contributed by atoms with Gasteiger partial charge in [-0.25, -0.2) is 14.6 Å². The summed E-state index contributed by atoms with van der Waals surface area (Å²) in [6.07, 6.45) is 3.13. The minimum Gasteiger partial charge on any atom is -0.461 e. The second-order valence-electron chi connectivity index (χ2n) is 3.84. The fourth-order valence-corrected chi connectivity index (χ4v) is 1.24. The number of ether oxygens (including phenoxy) is 1. The van der Waals surface area contributed by atoms with Crippen LogP contribution in [0.4, 0.5) is 4.79 Å². The summed E-state index contributed by atoms with van der Waals surface area (Å²) in [5.74, 6) is -0.437. The zero-order chi connectivity index (χ0) is 13.5. The van der Waals surface area contributed by atoms with Crippen molar-refractivity contribution < 1.29 is 14.3 Å². The molecular weight excluding hydrogens is 236 g/mol. The Morgan fingerprint density at radius 2 is 2.22 bits per heavy atom. The van der Waals surface area contributed by atoms with Gasteiger partial charge in [-0.2, -0.15) is 0 Å². The number of aromatic nitrogens is 2. The monoisotopic (exact) mass is 254 g/mol. The molecule has 0 unspecified atom stereocenters. The second-order valence-corrected chi connectivity index (χ2v) is 3.84. The molecule has 2 amide bonds. The van der Waals surface area contributed by atoms with E-state index in [0.29, 0.717) is 19.7 Å². The number of carbonyl (C=O) groups excluding carboxylic acids is 2. The predicted molar refractivity (Wildman–Crippen MR) is 65.3 cm³/mol. The normalized spacial score (nSPS) is 9.94. The van der Waals surface area contributed by atoms with Crippen LogP contribution in [-0.2, 0) is 11.3 Å². The summed E-state index contributed by atoms with van der Waals surface area (Å²) in [6, 6.07) is -0.152. The molecule has 7 nitrogen and oxygen atoms in total. The summed E-state index contributed by atoms with van der Waals surface area (Å²) in [6.45, 7) is 3.08. The molecular formula is C11H18N4O3. The fourth-order valence-electron chi connectivity index (χ4n) is 1.24. The molecule has 1 rings (SSSR count). The number of rotatable bonds is 5. The number of hydrogen-bond acceptors (Lipinski definition) is 4. The van der Waals surface area contributed by atoms with Crippen molar-refractivity contribution >= 4 is 12.0 Å². The predicted octanol–water partition coefficient (Wildman–Crippen LogP) is 0.331. The van der Waals surface area contributed by atoms with Crippen molar-refractivity contribution in [2.45, 2.75) is 13.5 Å². The summed E-state index contributed by atoms with van der Waals surface area (Å²) in [5, 5.41) is 2.72. The van der Waals surface area contributed by atoms with E-state index in [-0.39, 0.29) is 11.7 Å². The Balaban J connectivity index is 2.40. The highest BCUT2D eigenvalue weighted by atomic mass is 16.5. The molecule has 0 atom stereocenters. The maximum absolute atomic E-state index is 11.4. The lowest BCUT2D eigenvalue weighted by atomic mass is 10.5. The topological polar surface area (TPSA) is 76.5 Å². The van der Waals surface area contributed by atoms with Crippen molar-refractivity contribution in [2.24, 2.45) is 0 Å². The van der Waals surface area contributed by atoms with E-state index >= 15 is 0 Å². The molecule has 0 fully saturated rings. The van der Waals surface area contributed by atoms with Crippen LogP contribution in [0, 0.1) is 0 Å². The fraction of sp³-hybridized carbons (Fsp3) is 0.545. The highest BCUT2D eigenvalue weighted by Crippen LogP contribution is 1.98. The van der Waals surface area contributed by atoms with Crippen LogP contribution in [0.1, 0.15) is 17.4 Å². The van der Waals surface area contributed by atoms with E-state index in [1.807, 2.05) is 0 Å². The van der Waals surface area contributed by atoms with Gasteiger partial charge in [0.1, 0.15) is 0 Å². The number of carbonyl (C=O) groups is 2. The number of esters is 1. The van der Waals surface area contributed by atoms with Gasteiger partial charge < -0.3 is 19.5 Å². The molecule has 0 radical (unpaired) electrons. The minimum absolute atomic E-state index is 0.152. The molecule has 1 aromatic heterocycles. The van der Waals surface area contributed by atoms with E-state index in [1.165, 1.54) is 11.2 Å². The first kappa shape index (κ1) is 14.0. The van der Waals surface area contributed by atoms with Crippen LogP contribution >= 0.6 is 0 Å². The molecule has 0 aliphatic heterocycles. The van der Waals surface area contributed by atoms with Gasteiger partial charge in [0.2, 0.25) is 0 Å². The van der Waals surface area contributed by atoms with E-state index in [0.717, 1.165) is 0 Å². The Hall–Kier alpha value is -2.05. The van der Waals surface area contributed by atoms with Crippen LogP contribution in [-0.4, -0.2) is 53.7 Å².